The van der Waals surface area contributed by atoms with Gasteiger partial charge in [-0.1, -0.05) is 78.9 Å². The van der Waals surface area contributed by atoms with Gasteiger partial charge < -0.3 is 14.4 Å². The highest BCUT2D eigenvalue weighted by atomic mass is 32.2. The number of fused-ring (bicyclic) bond motifs is 1. The van der Waals surface area contributed by atoms with Crippen molar-refractivity contribution in [3.8, 4) is 0 Å². The Hall–Kier alpha value is -3.46. The van der Waals surface area contributed by atoms with Gasteiger partial charge in [0.1, 0.15) is 0 Å². The first kappa shape index (κ1) is 28.6. The summed E-state index contributed by atoms with van der Waals surface area (Å²) in [6.07, 6.45) is 4.43. The fourth-order valence-corrected chi connectivity index (χ4v) is 8.19. The minimum atomic E-state index is -3.91. The fraction of sp³-hybridized carbons (Fsp3) is 0.382. The van der Waals surface area contributed by atoms with E-state index >= 15 is 0 Å². The Bertz CT molecular complexity index is 1570. The number of aromatic nitrogens is 1. The third-order valence-electron chi connectivity index (χ3n) is 8.68. The van der Waals surface area contributed by atoms with Crippen molar-refractivity contribution in [3.05, 3.63) is 102 Å². The van der Waals surface area contributed by atoms with Crippen LogP contribution in [-0.2, 0) is 21.4 Å². The average molecular weight is 585 g/mol. The number of carbonyl (C=O) groups excluding carboxylic acids is 1. The van der Waals surface area contributed by atoms with Crippen molar-refractivity contribution in [2.45, 2.75) is 49.6 Å². The molecule has 2 aliphatic heterocycles. The maximum absolute atomic E-state index is 14.4. The minimum absolute atomic E-state index is 0.163. The zero-order chi connectivity index (χ0) is 28.9. The van der Waals surface area contributed by atoms with Gasteiger partial charge in [-0.2, -0.15) is 0 Å². The quantitative estimate of drug-likeness (QED) is 0.232. The van der Waals surface area contributed by atoms with Gasteiger partial charge in [-0.3, -0.25) is 4.79 Å². The monoisotopic (exact) mass is 584 g/mol. The van der Waals surface area contributed by atoms with Crippen LogP contribution in [0.3, 0.4) is 0 Å². The van der Waals surface area contributed by atoms with Crippen LogP contribution in [0.25, 0.3) is 10.9 Å². The van der Waals surface area contributed by atoms with Crippen molar-refractivity contribution in [1.29, 1.82) is 0 Å². The van der Waals surface area contributed by atoms with Crippen LogP contribution in [-0.4, -0.2) is 68.0 Å². The normalized spacial score (nSPS) is 16.3. The number of hydrogen-bond acceptors (Lipinski definition) is 4. The third kappa shape index (κ3) is 6.02. The lowest BCUT2D eigenvalue weighted by molar-refractivity contribution is -0.127. The van der Waals surface area contributed by atoms with E-state index in [-0.39, 0.29) is 18.4 Å². The Morgan fingerprint density at radius 3 is 2.02 bits per heavy atom. The number of nitrogens with zero attached hydrogens (tertiary/aromatic N) is 3. The molecule has 0 radical (unpaired) electrons. The van der Waals surface area contributed by atoms with Gasteiger partial charge in [-0.05, 0) is 56.0 Å². The molecule has 0 saturated carbocycles. The number of amides is 1. The predicted molar refractivity (Wildman–Crippen MR) is 167 cm³/mol. The first-order valence-corrected chi connectivity index (χ1v) is 16.7. The molecule has 3 aromatic carbocycles. The average Bonchev–Trinajstić information content (AvgIpc) is 3.76. The molecule has 4 aromatic rings. The van der Waals surface area contributed by atoms with E-state index < -0.39 is 10.0 Å². The van der Waals surface area contributed by atoms with Crippen molar-refractivity contribution < 1.29 is 13.2 Å². The summed E-state index contributed by atoms with van der Waals surface area (Å²) < 4.78 is 33.9. The van der Waals surface area contributed by atoms with Gasteiger partial charge >= 0.3 is 0 Å². The smallest absolute Gasteiger partial charge is 0.256 e. The standard InChI is InChI=1S/C34H40N4O3S/c39-31-19-11-23-37(31)24-12-20-35-42(40,41)34-33(32(27-13-3-1-4-14-27)28-15-5-2-6-16-28)29-17-7-8-18-30(29)38(34)26-25-36-21-9-10-22-36/h1-8,13-18,32,35H,9-12,19-26H2. The molecule has 1 amide bonds. The number of carbonyl (C=O) groups is 1. The zero-order valence-electron chi connectivity index (χ0n) is 24.1. The Balaban J connectivity index is 1.45. The Labute approximate surface area is 249 Å². The van der Waals surface area contributed by atoms with E-state index in [0.29, 0.717) is 31.0 Å². The summed E-state index contributed by atoms with van der Waals surface area (Å²) >= 11 is 0. The lowest BCUT2D eigenvalue weighted by Crippen LogP contribution is -2.33. The molecule has 0 unspecified atom stereocenters. The maximum atomic E-state index is 14.4. The molecule has 1 N–H and O–H groups in total. The van der Waals surface area contributed by atoms with Gasteiger partial charge in [0.05, 0.1) is 0 Å². The van der Waals surface area contributed by atoms with Crippen LogP contribution in [0.2, 0.25) is 0 Å². The molecule has 0 aliphatic carbocycles. The molecule has 2 aliphatic rings. The van der Waals surface area contributed by atoms with Crippen LogP contribution in [0.15, 0.2) is 90.0 Å². The summed E-state index contributed by atoms with van der Waals surface area (Å²) in [6, 6.07) is 28.5. The number of rotatable bonds is 12. The Morgan fingerprint density at radius 2 is 1.38 bits per heavy atom. The maximum Gasteiger partial charge on any atom is 0.256 e. The molecule has 42 heavy (non-hydrogen) atoms. The molecule has 1 aromatic heterocycles. The van der Waals surface area contributed by atoms with Crippen LogP contribution < -0.4 is 4.72 Å². The van der Waals surface area contributed by atoms with Crippen LogP contribution in [0.5, 0.6) is 0 Å². The summed E-state index contributed by atoms with van der Waals surface area (Å²) in [5.41, 5.74) is 3.85. The number of sulfonamides is 1. The lowest BCUT2D eigenvalue weighted by atomic mass is 9.85. The first-order chi connectivity index (χ1) is 20.5. The van der Waals surface area contributed by atoms with E-state index in [4.69, 9.17) is 0 Å². The fourth-order valence-electron chi connectivity index (χ4n) is 6.65. The van der Waals surface area contributed by atoms with Crippen LogP contribution >= 0.6 is 0 Å². The SMILES string of the molecule is O=C1CCCN1CCCNS(=O)(=O)c1c(C(c2ccccc2)c2ccccc2)c2ccccc2n1CCN1CCCC1. The minimum Gasteiger partial charge on any atom is -0.343 e. The van der Waals surface area contributed by atoms with E-state index in [9.17, 15) is 13.2 Å². The lowest BCUT2D eigenvalue weighted by Gasteiger charge is -2.22. The second-order valence-electron chi connectivity index (χ2n) is 11.4. The number of hydrogen-bond donors (Lipinski definition) is 1. The van der Waals surface area contributed by atoms with Gasteiger partial charge in [0, 0.05) is 61.5 Å². The molecule has 0 bridgehead atoms. The van der Waals surface area contributed by atoms with Crippen LogP contribution in [0.1, 0.15) is 54.7 Å². The second kappa shape index (κ2) is 12.8. The van der Waals surface area contributed by atoms with Gasteiger partial charge in [0.15, 0.2) is 5.03 Å². The van der Waals surface area contributed by atoms with Crippen molar-refractivity contribution >= 4 is 26.8 Å². The van der Waals surface area contributed by atoms with E-state index in [2.05, 4.69) is 40.0 Å². The Morgan fingerprint density at radius 1 is 0.738 bits per heavy atom. The van der Waals surface area contributed by atoms with E-state index in [1.807, 2.05) is 64.1 Å². The van der Waals surface area contributed by atoms with Crippen LogP contribution in [0.4, 0.5) is 0 Å². The molecule has 0 spiro atoms. The van der Waals surface area contributed by atoms with Gasteiger partial charge in [-0.25, -0.2) is 13.1 Å². The molecule has 3 heterocycles. The summed E-state index contributed by atoms with van der Waals surface area (Å²) in [7, 11) is -3.91. The van der Waals surface area contributed by atoms with Crippen molar-refractivity contribution in [3.63, 3.8) is 0 Å². The molecule has 2 saturated heterocycles. The molecule has 220 valence electrons. The molecular formula is C34H40N4O3S. The molecule has 8 heteroatoms. The van der Waals surface area contributed by atoms with E-state index in [0.717, 1.165) is 60.2 Å². The Kier molecular flexibility index (Phi) is 8.74. The highest BCUT2D eigenvalue weighted by molar-refractivity contribution is 7.89. The summed E-state index contributed by atoms with van der Waals surface area (Å²) in [5.74, 6) is -0.102. The predicted octanol–water partition coefficient (Wildman–Crippen LogP) is 5.21. The summed E-state index contributed by atoms with van der Waals surface area (Å²) in [5, 5.41) is 1.30. The molecular weight excluding hydrogens is 544 g/mol. The largest absolute Gasteiger partial charge is 0.343 e. The van der Waals surface area contributed by atoms with E-state index in [1.54, 1.807) is 0 Å². The van der Waals surface area contributed by atoms with Crippen LogP contribution in [0, 0.1) is 0 Å². The highest BCUT2D eigenvalue weighted by Crippen LogP contribution is 2.42. The van der Waals surface area contributed by atoms with Gasteiger partial charge in [0.25, 0.3) is 10.0 Å². The van der Waals surface area contributed by atoms with Crippen molar-refractivity contribution in [1.82, 2.24) is 19.1 Å². The van der Waals surface area contributed by atoms with Gasteiger partial charge in [-0.15, -0.1) is 0 Å². The summed E-state index contributed by atoms with van der Waals surface area (Å²) in [4.78, 5) is 16.3. The van der Waals surface area contributed by atoms with Gasteiger partial charge in [0.2, 0.25) is 5.91 Å². The highest BCUT2D eigenvalue weighted by Gasteiger charge is 2.33. The topological polar surface area (TPSA) is 74.6 Å². The molecule has 7 nitrogen and oxygen atoms in total. The van der Waals surface area contributed by atoms with E-state index in [1.165, 1.54) is 12.8 Å². The molecule has 0 atom stereocenters. The number of likely N-dealkylation sites (tertiary alicyclic amines) is 2. The van der Waals surface area contributed by atoms with Crippen molar-refractivity contribution in [2.24, 2.45) is 0 Å². The molecule has 6 rings (SSSR count). The van der Waals surface area contributed by atoms with Crippen molar-refractivity contribution in [2.75, 3.05) is 39.3 Å². The number of nitrogens with one attached hydrogen (secondary N) is 1. The number of para-hydroxylation sites is 1. The summed E-state index contributed by atoms with van der Waals surface area (Å²) in [6.45, 7) is 5.12. The molecule has 2 fully saturated rings. The number of benzene rings is 3. The second-order valence-corrected chi connectivity index (χ2v) is 13.1. The first-order valence-electron chi connectivity index (χ1n) is 15.2. The zero-order valence-corrected chi connectivity index (χ0v) is 24.9. The third-order valence-corrected chi connectivity index (χ3v) is 10.2.